The summed E-state index contributed by atoms with van der Waals surface area (Å²) >= 11 is 0. The highest BCUT2D eigenvalue weighted by Gasteiger charge is 2.20. The molecule has 0 spiro atoms. The second-order valence-corrected chi connectivity index (χ2v) is 6.04. The van der Waals surface area contributed by atoms with Gasteiger partial charge in [-0.1, -0.05) is 19.3 Å². The van der Waals surface area contributed by atoms with Crippen molar-refractivity contribution in [1.82, 2.24) is 14.7 Å². The molecule has 4 heteroatoms. The molecule has 1 unspecified atom stereocenters. The summed E-state index contributed by atoms with van der Waals surface area (Å²) in [7, 11) is 2.20. The summed E-state index contributed by atoms with van der Waals surface area (Å²) in [5.41, 5.74) is 0. The molecule has 2 aliphatic rings. The fourth-order valence-electron chi connectivity index (χ4n) is 3.31. The summed E-state index contributed by atoms with van der Waals surface area (Å²) in [6.45, 7) is 2.00. The first kappa shape index (κ1) is 13.0. The van der Waals surface area contributed by atoms with Gasteiger partial charge in [0.2, 0.25) is 0 Å². The van der Waals surface area contributed by atoms with Crippen molar-refractivity contribution in [3.05, 3.63) is 12.4 Å². The largest absolute Gasteiger partial charge is 0.489 e. The van der Waals surface area contributed by atoms with E-state index in [1.165, 1.54) is 51.5 Å². The standard InChI is InChI=1S/C15H25N3O/c1-17-9-5-4-8-14(17)12-19-15-10-16-18(11-15)13-6-2-3-7-13/h10-11,13-14H,2-9,12H2,1H3. The molecule has 1 atom stereocenters. The minimum absolute atomic E-state index is 0.573. The summed E-state index contributed by atoms with van der Waals surface area (Å²) < 4.78 is 8.04. The Hall–Kier alpha value is -1.03. The van der Waals surface area contributed by atoms with Crippen LogP contribution in [-0.2, 0) is 0 Å². The minimum Gasteiger partial charge on any atom is -0.489 e. The number of ether oxygens (including phenoxy) is 1. The van der Waals surface area contributed by atoms with Gasteiger partial charge in [-0.15, -0.1) is 0 Å². The first-order valence-electron chi connectivity index (χ1n) is 7.70. The van der Waals surface area contributed by atoms with Crippen LogP contribution in [-0.4, -0.2) is 40.9 Å². The van der Waals surface area contributed by atoms with Crippen molar-refractivity contribution < 1.29 is 4.74 Å². The van der Waals surface area contributed by atoms with E-state index in [1.54, 1.807) is 0 Å². The van der Waals surface area contributed by atoms with E-state index in [4.69, 9.17) is 4.74 Å². The third-order valence-corrected chi connectivity index (χ3v) is 4.64. The third-order valence-electron chi connectivity index (χ3n) is 4.64. The molecule has 0 aromatic carbocycles. The Morgan fingerprint density at radius 1 is 1.21 bits per heavy atom. The number of rotatable bonds is 4. The smallest absolute Gasteiger partial charge is 0.157 e. The lowest BCUT2D eigenvalue weighted by Crippen LogP contribution is -2.40. The SMILES string of the molecule is CN1CCCCC1COc1cnn(C2CCCC2)c1. The average molecular weight is 263 g/mol. The number of piperidine rings is 1. The van der Waals surface area contributed by atoms with Crippen LogP contribution in [0.4, 0.5) is 0 Å². The van der Waals surface area contributed by atoms with Crippen LogP contribution in [0.3, 0.4) is 0 Å². The molecule has 1 aliphatic heterocycles. The van der Waals surface area contributed by atoms with E-state index in [0.29, 0.717) is 12.1 Å². The van der Waals surface area contributed by atoms with E-state index in [9.17, 15) is 0 Å². The van der Waals surface area contributed by atoms with Crippen molar-refractivity contribution in [3.63, 3.8) is 0 Å². The minimum atomic E-state index is 0.573. The summed E-state index contributed by atoms with van der Waals surface area (Å²) in [5, 5.41) is 4.46. The Morgan fingerprint density at radius 2 is 2.00 bits per heavy atom. The predicted molar refractivity (Wildman–Crippen MR) is 75.5 cm³/mol. The molecule has 0 N–H and O–H groups in total. The quantitative estimate of drug-likeness (QED) is 0.837. The summed E-state index contributed by atoms with van der Waals surface area (Å²) in [4.78, 5) is 2.42. The Kier molecular flexibility index (Phi) is 4.06. The summed E-state index contributed by atoms with van der Waals surface area (Å²) in [6, 6.07) is 1.18. The van der Waals surface area contributed by atoms with Crippen LogP contribution in [0.5, 0.6) is 5.75 Å². The number of aromatic nitrogens is 2. The molecular weight excluding hydrogens is 238 g/mol. The lowest BCUT2D eigenvalue weighted by molar-refractivity contribution is 0.125. The highest BCUT2D eigenvalue weighted by atomic mass is 16.5. The van der Waals surface area contributed by atoms with E-state index < -0.39 is 0 Å². The molecule has 0 radical (unpaired) electrons. The Bertz CT molecular complexity index is 398. The van der Waals surface area contributed by atoms with E-state index in [-0.39, 0.29) is 0 Å². The number of likely N-dealkylation sites (tertiary alicyclic amines) is 1. The van der Waals surface area contributed by atoms with Crippen LogP contribution >= 0.6 is 0 Å². The van der Waals surface area contributed by atoms with Gasteiger partial charge in [-0.3, -0.25) is 4.68 Å². The topological polar surface area (TPSA) is 30.3 Å². The van der Waals surface area contributed by atoms with E-state index in [1.807, 2.05) is 6.20 Å². The molecule has 106 valence electrons. The van der Waals surface area contributed by atoms with Crippen LogP contribution in [0.1, 0.15) is 51.0 Å². The van der Waals surface area contributed by atoms with E-state index in [0.717, 1.165) is 12.4 Å². The van der Waals surface area contributed by atoms with Crippen molar-refractivity contribution in [2.45, 2.75) is 57.0 Å². The van der Waals surface area contributed by atoms with Gasteiger partial charge in [-0.05, 0) is 39.3 Å². The van der Waals surface area contributed by atoms with Crippen molar-refractivity contribution in [2.75, 3.05) is 20.2 Å². The van der Waals surface area contributed by atoms with Gasteiger partial charge in [-0.2, -0.15) is 5.10 Å². The van der Waals surface area contributed by atoms with Gasteiger partial charge in [0.1, 0.15) is 6.61 Å². The third kappa shape index (κ3) is 3.11. The molecule has 1 saturated carbocycles. The first-order chi connectivity index (χ1) is 9.33. The first-order valence-corrected chi connectivity index (χ1v) is 7.70. The molecule has 19 heavy (non-hydrogen) atoms. The van der Waals surface area contributed by atoms with Gasteiger partial charge >= 0.3 is 0 Å². The van der Waals surface area contributed by atoms with Crippen LogP contribution < -0.4 is 4.74 Å². The molecule has 2 fully saturated rings. The fourth-order valence-corrected chi connectivity index (χ4v) is 3.31. The second-order valence-electron chi connectivity index (χ2n) is 6.04. The van der Waals surface area contributed by atoms with Gasteiger partial charge in [0.15, 0.2) is 5.75 Å². The van der Waals surface area contributed by atoms with Gasteiger partial charge in [0.05, 0.1) is 18.4 Å². The number of likely N-dealkylation sites (N-methyl/N-ethyl adjacent to an activating group) is 1. The molecule has 4 nitrogen and oxygen atoms in total. The maximum absolute atomic E-state index is 5.93. The molecule has 0 bridgehead atoms. The molecule has 1 aromatic heterocycles. The van der Waals surface area contributed by atoms with Crippen molar-refractivity contribution in [3.8, 4) is 5.75 Å². The van der Waals surface area contributed by atoms with E-state index in [2.05, 4.69) is 27.9 Å². The number of hydrogen-bond donors (Lipinski definition) is 0. The molecular formula is C15H25N3O. The Balaban J connectivity index is 1.52. The zero-order valence-corrected chi connectivity index (χ0v) is 11.9. The van der Waals surface area contributed by atoms with Crippen LogP contribution in [0, 0.1) is 0 Å². The van der Waals surface area contributed by atoms with Crippen molar-refractivity contribution in [2.24, 2.45) is 0 Å². The molecule has 2 heterocycles. The zero-order chi connectivity index (χ0) is 13.1. The fraction of sp³-hybridized carbons (Fsp3) is 0.800. The second kappa shape index (κ2) is 5.95. The average Bonchev–Trinajstić information content (AvgIpc) is 3.09. The van der Waals surface area contributed by atoms with Crippen LogP contribution in [0.2, 0.25) is 0 Å². The maximum atomic E-state index is 5.93. The van der Waals surface area contributed by atoms with Gasteiger partial charge in [0.25, 0.3) is 0 Å². The van der Waals surface area contributed by atoms with Gasteiger partial charge < -0.3 is 9.64 Å². The normalized spacial score (nSPS) is 25.8. The Morgan fingerprint density at radius 3 is 2.79 bits per heavy atom. The van der Waals surface area contributed by atoms with Gasteiger partial charge in [0, 0.05) is 6.04 Å². The van der Waals surface area contributed by atoms with Gasteiger partial charge in [-0.25, -0.2) is 0 Å². The Labute approximate surface area is 115 Å². The molecule has 0 amide bonds. The highest BCUT2D eigenvalue weighted by molar-refractivity contribution is 5.12. The maximum Gasteiger partial charge on any atom is 0.157 e. The van der Waals surface area contributed by atoms with Crippen molar-refractivity contribution in [1.29, 1.82) is 0 Å². The summed E-state index contributed by atoms with van der Waals surface area (Å²) in [5.74, 6) is 0.936. The number of nitrogens with zero attached hydrogens (tertiary/aromatic N) is 3. The monoisotopic (exact) mass is 263 g/mol. The number of hydrogen-bond acceptors (Lipinski definition) is 3. The lowest BCUT2D eigenvalue weighted by atomic mass is 10.0. The van der Waals surface area contributed by atoms with Crippen molar-refractivity contribution >= 4 is 0 Å². The van der Waals surface area contributed by atoms with Crippen LogP contribution in [0.15, 0.2) is 12.4 Å². The van der Waals surface area contributed by atoms with E-state index >= 15 is 0 Å². The molecule has 1 saturated heterocycles. The van der Waals surface area contributed by atoms with Crippen LogP contribution in [0.25, 0.3) is 0 Å². The highest BCUT2D eigenvalue weighted by Crippen LogP contribution is 2.29. The molecule has 1 aromatic rings. The lowest BCUT2D eigenvalue weighted by Gasteiger charge is -2.31. The molecule has 1 aliphatic carbocycles. The summed E-state index contributed by atoms with van der Waals surface area (Å²) in [6.07, 6.45) is 13.1. The predicted octanol–water partition coefficient (Wildman–Crippen LogP) is 2.86. The zero-order valence-electron chi connectivity index (χ0n) is 11.9. The molecule has 3 rings (SSSR count).